The summed E-state index contributed by atoms with van der Waals surface area (Å²) >= 11 is 0. The van der Waals surface area contributed by atoms with Crippen LogP contribution in [-0.2, 0) is 0 Å². The zero-order valence-electron chi connectivity index (χ0n) is 27.0. The highest BCUT2D eigenvalue weighted by Crippen LogP contribution is 2.38. The van der Waals surface area contributed by atoms with Crippen molar-refractivity contribution in [2.45, 2.75) is 0 Å². The Bertz CT molecular complexity index is 2410. The molecule has 0 saturated carbocycles. The van der Waals surface area contributed by atoms with Crippen LogP contribution in [0.15, 0.2) is 217 Å². The predicted octanol–water partition coefficient (Wildman–Crippen LogP) is 7.83. The molecule has 234 valence electrons. The molecule has 1 aliphatic carbocycles. The van der Waals surface area contributed by atoms with Crippen LogP contribution in [0.4, 0.5) is 0 Å². The van der Waals surface area contributed by atoms with Gasteiger partial charge in [0.1, 0.15) is 0 Å². The van der Waals surface area contributed by atoms with E-state index < -0.39 is 0 Å². The summed E-state index contributed by atoms with van der Waals surface area (Å²) in [4.78, 5) is 21.3. The van der Waals surface area contributed by atoms with Gasteiger partial charge in [0.05, 0.1) is 81.4 Å². The van der Waals surface area contributed by atoms with Gasteiger partial charge in [-0.2, -0.15) is 0 Å². The molecule has 0 atom stereocenters. The first-order chi connectivity index (χ1) is 24.7. The van der Waals surface area contributed by atoms with Gasteiger partial charge in [-0.05, 0) is 65.3 Å². The molecule has 0 amide bonds. The van der Waals surface area contributed by atoms with E-state index in [1.54, 1.807) is 0 Å². The minimum absolute atomic E-state index is 0.803. The molecule has 0 radical (unpaired) electrons. The van der Waals surface area contributed by atoms with E-state index in [0.29, 0.717) is 0 Å². The molecule has 6 aliphatic rings. The smallest absolute Gasteiger partial charge is 0.226 e. The average Bonchev–Trinajstić information content (AvgIpc) is 4.01. The van der Waals surface area contributed by atoms with Crippen molar-refractivity contribution in [1.29, 1.82) is 0 Å². The highest BCUT2D eigenvalue weighted by molar-refractivity contribution is 6.38. The summed E-state index contributed by atoms with van der Waals surface area (Å²) in [5.74, 6) is 3.71. The summed E-state index contributed by atoms with van der Waals surface area (Å²) in [7, 11) is 0. The van der Waals surface area contributed by atoms with Gasteiger partial charge in [0.15, 0.2) is 0 Å². The lowest BCUT2D eigenvalue weighted by Crippen LogP contribution is -2.41. The first kappa shape index (κ1) is 29.4. The molecular formula is C44H30N6+2. The Kier molecular flexibility index (Phi) is 7.26. The van der Waals surface area contributed by atoms with E-state index in [9.17, 15) is 0 Å². The van der Waals surface area contributed by atoms with E-state index in [2.05, 4.69) is 145 Å². The topological polar surface area (TPSA) is 89.4 Å². The van der Waals surface area contributed by atoms with E-state index in [1.807, 2.05) is 30.7 Å². The molecule has 3 aromatic carbocycles. The number of fused-ring (bicyclic) bond motifs is 4. The third-order valence-electron chi connectivity index (χ3n) is 9.13. The largest absolute Gasteiger partial charge is 0.248 e. The molecule has 3 N–H and O–H groups in total. The highest BCUT2D eigenvalue weighted by atomic mass is 15.1. The highest BCUT2D eigenvalue weighted by Gasteiger charge is 2.30. The van der Waals surface area contributed by atoms with Gasteiger partial charge < -0.3 is 0 Å². The van der Waals surface area contributed by atoms with Crippen LogP contribution in [0.5, 0.6) is 0 Å². The molecular weight excluding hydrogens is 613 g/mol. The van der Waals surface area contributed by atoms with Crippen molar-refractivity contribution in [1.82, 2.24) is 0 Å². The number of quaternary nitrogens is 1. The van der Waals surface area contributed by atoms with E-state index >= 15 is 0 Å². The van der Waals surface area contributed by atoms with Crippen molar-refractivity contribution in [3.63, 3.8) is 0 Å². The molecule has 0 unspecified atom stereocenters. The van der Waals surface area contributed by atoms with E-state index in [4.69, 9.17) is 20.0 Å². The zero-order valence-corrected chi connectivity index (χ0v) is 27.0. The minimum Gasteiger partial charge on any atom is -0.248 e. The third kappa shape index (κ3) is 5.21. The Labute approximate surface area is 290 Å². The fourth-order valence-corrected chi connectivity index (χ4v) is 6.82. The standard InChI is InChI=1S/C44H29N6/c45-50-32-18-16-31(17-19-32)44-39-26-24-37(48-39)42(29-12-6-2-7-13-29)35-22-20-33(46-35)41(28-10-4-1-5-11-28)34-21-23-36(47-34)43(30-14-8-3-9-15-30)38-25-27-40(44)49-38/h1-27H,45H2/q+1/p+1. The fourth-order valence-electron chi connectivity index (χ4n) is 6.82. The van der Waals surface area contributed by atoms with Crippen molar-refractivity contribution in [3.8, 4) is 0 Å². The van der Waals surface area contributed by atoms with Gasteiger partial charge in [0.25, 0.3) is 0 Å². The summed E-state index contributed by atoms with van der Waals surface area (Å²) in [6, 6.07) is 31.1. The first-order valence-corrected chi connectivity index (χ1v) is 16.5. The number of hydrogen-bond donors (Lipinski definition) is 1. The molecule has 0 fully saturated rings. The van der Waals surface area contributed by atoms with Gasteiger partial charge in [-0.25, -0.2) is 25.8 Å². The van der Waals surface area contributed by atoms with Crippen LogP contribution in [0.25, 0.3) is 16.7 Å². The summed E-state index contributed by atoms with van der Waals surface area (Å²) in [6.45, 7) is 0. The number of rotatable bonds is 4. The van der Waals surface area contributed by atoms with Crippen molar-refractivity contribution in [2.75, 3.05) is 0 Å². The monoisotopic (exact) mass is 642 g/mol. The van der Waals surface area contributed by atoms with E-state index in [-0.39, 0.29) is 0 Å². The number of allylic oxidation sites excluding steroid dienone is 16. The number of hydrogen-bond acceptors (Lipinski definition) is 5. The van der Waals surface area contributed by atoms with Crippen LogP contribution in [0, 0.1) is 6.42 Å². The maximum absolute atomic E-state index is 5.32. The summed E-state index contributed by atoms with van der Waals surface area (Å²) in [5, 5.41) is 4.12. The van der Waals surface area contributed by atoms with Gasteiger partial charge in [-0.15, -0.1) is 0 Å². The van der Waals surface area contributed by atoms with Crippen LogP contribution in [-0.4, -0.2) is 28.6 Å². The molecule has 6 nitrogen and oxygen atoms in total. The van der Waals surface area contributed by atoms with Crippen LogP contribution >= 0.6 is 0 Å². The molecule has 50 heavy (non-hydrogen) atoms. The Morgan fingerprint density at radius 2 is 0.760 bits per heavy atom. The van der Waals surface area contributed by atoms with Crippen LogP contribution in [0.2, 0.25) is 0 Å². The average molecular weight is 643 g/mol. The van der Waals surface area contributed by atoms with Crippen molar-refractivity contribution in [3.05, 3.63) is 215 Å². The van der Waals surface area contributed by atoms with Gasteiger partial charge >= 0.3 is 0 Å². The molecule has 0 spiro atoms. The van der Waals surface area contributed by atoms with Crippen molar-refractivity contribution >= 4 is 45.3 Å². The van der Waals surface area contributed by atoms with E-state index in [1.165, 1.54) is 0 Å². The molecule has 0 saturated heterocycles. The van der Waals surface area contributed by atoms with Gasteiger partial charge in [-0.3, -0.25) is 0 Å². The Balaban J connectivity index is 1.35. The minimum atomic E-state index is 0.803. The second kappa shape index (κ2) is 12.4. The molecule has 5 aliphatic heterocycles. The molecule has 5 heterocycles. The maximum atomic E-state index is 5.32. The fraction of sp³-hybridized carbons (Fsp3) is 0. The molecule has 8 bridgehead atoms. The Hall–Kier alpha value is -6.76. The Morgan fingerprint density at radius 3 is 1.10 bits per heavy atom. The van der Waals surface area contributed by atoms with Crippen LogP contribution in [0.3, 0.4) is 0 Å². The Morgan fingerprint density at radius 1 is 0.400 bits per heavy atom. The molecule has 9 rings (SSSR count). The molecule has 3 aromatic rings. The van der Waals surface area contributed by atoms with Crippen molar-refractivity contribution in [2.24, 2.45) is 25.1 Å². The van der Waals surface area contributed by atoms with Gasteiger partial charge in [-0.1, -0.05) is 96.1 Å². The number of nitrogens with zero attached hydrogens (tertiary/aromatic N) is 5. The number of benzene rings is 3. The van der Waals surface area contributed by atoms with Crippen LogP contribution in [0.1, 0.15) is 16.7 Å². The second-order valence-electron chi connectivity index (χ2n) is 12.2. The van der Waals surface area contributed by atoms with Crippen LogP contribution < -0.4 is 5.84 Å². The predicted molar refractivity (Wildman–Crippen MR) is 205 cm³/mol. The van der Waals surface area contributed by atoms with Gasteiger partial charge in [0.2, 0.25) is 5.71 Å². The molecule has 0 aromatic heterocycles. The second-order valence-corrected chi connectivity index (χ2v) is 12.2. The maximum Gasteiger partial charge on any atom is 0.226 e. The van der Waals surface area contributed by atoms with Crippen molar-refractivity contribution < 1.29 is 5.84 Å². The van der Waals surface area contributed by atoms with E-state index in [0.717, 1.165) is 95.9 Å². The normalized spacial score (nSPS) is 19.8. The van der Waals surface area contributed by atoms with Gasteiger partial charge in [0, 0.05) is 16.7 Å². The lowest BCUT2D eigenvalue weighted by atomic mass is 9.93. The third-order valence-corrected chi connectivity index (χ3v) is 9.13. The summed E-state index contributed by atoms with van der Waals surface area (Å²) in [6.07, 6.45) is 24.8. The number of aliphatic imine (C=N–C) groups is 4. The molecule has 6 heteroatoms. The SMILES string of the molecule is [NH3+]N=C1C=CC(C2=C3C=CC(=N3)C(c3ccccc3)=C3C=CC(=N3)C(c3ccccc3)=C3C=CC(=N3)C(c3ccccc3)=C3C=CC2=N3)=C[CH+]1. The summed E-state index contributed by atoms with van der Waals surface area (Å²) in [5.41, 5.74) is 15.4. The lowest BCUT2D eigenvalue weighted by molar-refractivity contribution is -0.371. The summed E-state index contributed by atoms with van der Waals surface area (Å²) < 4.78 is 0. The lowest BCUT2D eigenvalue weighted by Gasteiger charge is -2.12. The quantitative estimate of drug-likeness (QED) is 0.222. The first-order valence-electron chi connectivity index (χ1n) is 16.5. The zero-order chi connectivity index (χ0) is 33.4.